The van der Waals surface area contributed by atoms with Gasteiger partial charge in [0.15, 0.2) is 10.8 Å². The molecule has 2 aromatic heterocycles. The van der Waals surface area contributed by atoms with Gasteiger partial charge in [-0.05, 0) is 37.2 Å². The molecule has 2 N–H and O–H groups in total. The van der Waals surface area contributed by atoms with Crippen LogP contribution in [0.5, 0.6) is 0 Å². The summed E-state index contributed by atoms with van der Waals surface area (Å²) in [6.45, 7) is 0.151. The van der Waals surface area contributed by atoms with Gasteiger partial charge in [0.2, 0.25) is 0 Å². The van der Waals surface area contributed by atoms with Crippen molar-refractivity contribution in [1.82, 2.24) is 20.3 Å². The molecule has 0 aliphatic heterocycles. The molecule has 2 fully saturated rings. The van der Waals surface area contributed by atoms with Crippen LogP contribution >= 0.6 is 11.3 Å². The fraction of sp³-hybridized carbons (Fsp3) is 0.500. The van der Waals surface area contributed by atoms with Gasteiger partial charge in [0.05, 0.1) is 6.20 Å². The van der Waals surface area contributed by atoms with E-state index in [0.717, 1.165) is 12.8 Å². The zero-order valence-electron chi connectivity index (χ0n) is 12.6. The van der Waals surface area contributed by atoms with E-state index in [9.17, 15) is 9.90 Å². The van der Waals surface area contributed by atoms with E-state index in [4.69, 9.17) is 0 Å². The molecule has 2 aliphatic carbocycles. The van der Waals surface area contributed by atoms with Crippen LogP contribution in [-0.2, 0) is 0 Å². The number of nitrogens with one attached hydrogen (secondary N) is 1. The van der Waals surface area contributed by atoms with Crippen molar-refractivity contribution in [3.8, 4) is 10.8 Å². The number of fused-ring (bicyclic) bond motifs is 2. The normalized spacial score (nSPS) is 28.9. The summed E-state index contributed by atoms with van der Waals surface area (Å²) >= 11 is 1.30. The third kappa shape index (κ3) is 2.64. The van der Waals surface area contributed by atoms with Gasteiger partial charge in [0.1, 0.15) is 4.88 Å². The topological polar surface area (TPSA) is 88.0 Å². The summed E-state index contributed by atoms with van der Waals surface area (Å²) in [6.07, 6.45) is 8.35. The first-order chi connectivity index (χ1) is 11.3. The van der Waals surface area contributed by atoms with E-state index in [1.54, 1.807) is 24.7 Å². The van der Waals surface area contributed by atoms with E-state index in [1.165, 1.54) is 17.8 Å². The highest BCUT2D eigenvalue weighted by Crippen LogP contribution is 2.48. The molecule has 4 unspecified atom stereocenters. The SMILES string of the molecule is O=C(NC1C2CCC(C2)C1CO)c1cnc(-c2ncccn2)s1. The van der Waals surface area contributed by atoms with Gasteiger partial charge in [0.25, 0.3) is 5.91 Å². The molecule has 2 heterocycles. The number of aromatic nitrogens is 3. The molecule has 0 aromatic carbocycles. The zero-order chi connectivity index (χ0) is 15.8. The van der Waals surface area contributed by atoms with Gasteiger partial charge >= 0.3 is 0 Å². The van der Waals surface area contributed by atoms with Gasteiger partial charge in [-0.25, -0.2) is 15.0 Å². The quantitative estimate of drug-likeness (QED) is 0.891. The summed E-state index contributed by atoms with van der Waals surface area (Å²) in [6, 6.07) is 1.83. The average Bonchev–Trinajstić information content (AvgIpc) is 3.31. The Labute approximate surface area is 138 Å². The number of hydrogen-bond donors (Lipinski definition) is 2. The van der Waals surface area contributed by atoms with Crippen molar-refractivity contribution in [3.05, 3.63) is 29.5 Å². The number of thiazole rings is 1. The summed E-state index contributed by atoms with van der Waals surface area (Å²) in [7, 11) is 0. The lowest BCUT2D eigenvalue weighted by atomic mass is 9.85. The maximum atomic E-state index is 12.5. The van der Waals surface area contributed by atoms with E-state index < -0.39 is 0 Å². The molecule has 7 heteroatoms. The second-order valence-corrected chi connectivity index (χ2v) is 7.31. The third-order valence-corrected chi connectivity index (χ3v) is 6.08. The Morgan fingerprint density at radius 1 is 1.26 bits per heavy atom. The Morgan fingerprint density at radius 2 is 2.04 bits per heavy atom. The molecule has 120 valence electrons. The van der Waals surface area contributed by atoms with Crippen LogP contribution in [0.25, 0.3) is 10.8 Å². The average molecular weight is 330 g/mol. The smallest absolute Gasteiger partial charge is 0.263 e. The Hall–Kier alpha value is -1.86. The minimum absolute atomic E-state index is 0.0878. The predicted octanol–water partition coefficient (Wildman–Crippen LogP) is 1.74. The largest absolute Gasteiger partial charge is 0.396 e. The molecule has 2 bridgehead atoms. The number of rotatable bonds is 4. The fourth-order valence-electron chi connectivity index (χ4n) is 4.01. The maximum Gasteiger partial charge on any atom is 0.263 e. The summed E-state index contributed by atoms with van der Waals surface area (Å²) in [5, 5.41) is 13.4. The summed E-state index contributed by atoms with van der Waals surface area (Å²) < 4.78 is 0. The molecule has 23 heavy (non-hydrogen) atoms. The van der Waals surface area contributed by atoms with Gasteiger partial charge in [-0.3, -0.25) is 4.79 Å². The number of amides is 1. The van der Waals surface area contributed by atoms with Crippen LogP contribution in [0.3, 0.4) is 0 Å². The van der Waals surface area contributed by atoms with Crippen LogP contribution in [0.1, 0.15) is 28.9 Å². The number of carbonyl (C=O) groups excluding carboxylic acids is 1. The van der Waals surface area contributed by atoms with Crippen LogP contribution in [0, 0.1) is 17.8 Å². The van der Waals surface area contributed by atoms with E-state index >= 15 is 0 Å². The molecule has 4 rings (SSSR count). The Balaban J connectivity index is 1.49. The predicted molar refractivity (Wildman–Crippen MR) is 85.8 cm³/mol. The van der Waals surface area contributed by atoms with Crippen LogP contribution in [-0.4, -0.2) is 38.6 Å². The fourth-order valence-corrected chi connectivity index (χ4v) is 4.78. The summed E-state index contributed by atoms with van der Waals surface area (Å²) in [4.78, 5) is 25.6. The van der Waals surface area contributed by atoms with Crippen molar-refractivity contribution in [1.29, 1.82) is 0 Å². The second-order valence-electron chi connectivity index (χ2n) is 6.28. The van der Waals surface area contributed by atoms with Crippen LogP contribution in [0.2, 0.25) is 0 Å². The second kappa shape index (κ2) is 5.98. The van der Waals surface area contributed by atoms with Gasteiger partial charge in [-0.2, -0.15) is 0 Å². The molecule has 1 amide bonds. The van der Waals surface area contributed by atoms with E-state index in [2.05, 4.69) is 20.3 Å². The maximum absolute atomic E-state index is 12.5. The van der Waals surface area contributed by atoms with Gasteiger partial charge in [-0.1, -0.05) is 0 Å². The molecule has 2 aromatic rings. The van der Waals surface area contributed by atoms with Gasteiger partial charge in [-0.15, -0.1) is 11.3 Å². The lowest BCUT2D eigenvalue weighted by Gasteiger charge is -2.30. The Bertz CT molecular complexity index is 705. The monoisotopic (exact) mass is 330 g/mol. The molecular weight excluding hydrogens is 312 g/mol. The molecule has 4 atom stereocenters. The first-order valence-electron chi connectivity index (χ1n) is 7.91. The van der Waals surface area contributed by atoms with Crippen molar-refractivity contribution in [2.24, 2.45) is 17.8 Å². The van der Waals surface area contributed by atoms with Crippen molar-refractivity contribution in [2.45, 2.75) is 25.3 Å². The minimum Gasteiger partial charge on any atom is -0.396 e. The molecule has 0 radical (unpaired) electrons. The van der Waals surface area contributed by atoms with Crippen molar-refractivity contribution >= 4 is 17.2 Å². The Morgan fingerprint density at radius 3 is 2.83 bits per heavy atom. The van der Waals surface area contributed by atoms with Crippen molar-refractivity contribution in [2.75, 3.05) is 6.61 Å². The molecule has 6 nitrogen and oxygen atoms in total. The zero-order valence-corrected chi connectivity index (χ0v) is 13.4. The number of aliphatic hydroxyl groups is 1. The van der Waals surface area contributed by atoms with E-state index in [-0.39, 0.29) is 24.5 Å². The van der Waals surface area contributed by atoms with Gasteiger partial charge in [0, 0.05) is 31.0 Å². The molecule has 2 aliphatic rings. The van der Waals surface area contributed by atoms with Crippen LogP contribution in [0.15, 0.2) is 24.7 Å². The van der Waals surface area contributed by atoms with E-state index in [0.29, 0.717) is 27.5 Å². The number of aliphatic hydroxyl groups excluding tert-OH is 1. The highest BCUT2D eigenvalue weighted by atomic mass is 32.1. The first-order valence-corrected chi connectivity index (χ1v) is 8.73. The number of hydrogen-bond acceptors (Lipinski definition) is 6. The minimum atomic E-state index is -0.110. The lowest BCUT2D eigenvalue weighted by Crippen LogP contribution is -2.45. The van der Waals surface area contributed by atoms with Crippen LogP contribution < -0.4 is 5.32 Å². The number of carbonyl (C=O) groups is 1. The highest BCUT2D eigenvalue weighted by molar-refractivity contribution is 7.16. The van der Waals surface area contributed by atoms with Crippen molar-refractivity contribution < 1.29 is 9.90 Å². The standard InChI is InChI=1S/C16H18N4O2S/c21-8-11-9-2-3-10(6-9)13(11)20-15(22)12-7-19-16(23-12)14-17-4-1-5-18-14/h1,4-5,7,9-11,13,21H,2-3,6,8H2,(H,20,22). The van der Waals surface area contributed by atoms with Gasteiger partial charge < -0.3 is 10.4 Å². The third-order valence-electron chi connectivity index (χ3n) is 5.08. The van der Waals surface area contributed by atoms with Crippen LogP contribution in [0.4, 0.5) is 0 Å². The lowest BCUT2D eigenvalue weighted by molar-refractivity contribution is 0.0865. The number of nitrogens with zero attached hydrogens (tertiary/aromatic N) is 3. The summed E-state index contributed by atoms with van der Waals surface area (Å²) in [5.74, 6) is 1.68. The molecular formula is C16H18N4O2S. The first kappa shape index (κ1) is 14.7. The van der Waals surface area contributed by atoms with Crippen molar-refractivity contribution in [3.63, 3.8) is 0 Å². The highest BCUT2D eigenvalue weighted by Gasteiger charge is 2.47. The molecule has 2 saturated carbocycles. The molecule has 0 spiro atoms. The molecule has 0 saturated heterocycles. The Kier molecular flexibility index (Phi) is 3.82. The van der Waals surface area contributed by atoms with E-state index in [1.807, 2.05) is 0 Å². The summed E-state index contributed by atoms with van der Waals surface area (Å²) in [5.41, 5.74) is 0.